The van der Waals surface area contributed by atoms with Crippen LogP contribution in [0, 0.1) is 41.9 Å². The van der Waals surface area contributed by atoms with Crippen LogP contribution in [0.25, 0.3) is 11.1 Å². The van der Waals surface area contributed by atoms with Crippen molar-refractivity contribution >= 4 is 106 Å². The monoisotopic (exact) mass is 2060 g/mol. The number of nitrogens with one attached hydrogen (secondary N) is 5. The lowest BCUT2D eigenvalue weighted by Gasteiger charge is -2.38. The Labute approximate surface area is 835 Å². The largest absolute Gasteiger partial charge is 0.478 e. The predicted octanol–water partition coefficient (Wildman–Crippen LogP) is 25.3. The number of Topliss-reactive ketones (excluding diaryl/α,β-unsaturated/α-hetero) is 2. The number of allylic oxidation sites excluding steroid dienone is 10. The highest BCUT2D eigenvalue weighted by Gasteiger charge is 2.47. The number of esters is 1. The summed E-state index contributed by atoms with van der Waals surface area (Å²) in [6.07, 6.45) is 33.1. The number of carboxylic acid groups (broad SMARTS) is 1. The highest BCUT2D eigenvalue weighted by molar-refractivity contribution is 9.11. The van der Waals surface area contributed by atoms with Gasteiger partial charge in [0.15, 0.2) is 69.1 Å². The Balaban J connectivity index is 0.000000101. The van der Waals surface area contributed by atoms with Gasteiger partial charge in [-0.15, -0.1) is 6.42 Å². The van der Waals surface area contributed by atoms with Gasteiger partial charge in [-0.2, -0.15) is 0 Å². The lowest BCUT2D eigenvalue weighted by Crippen LogP contribution is -2.30. The van der Waals surface area contributed by atoms with Crippen molar-refractivity contribution in [2.45, 2.75) is 132 Å². The molecule has 0 fully saturated rings. The molecule has 23 nitrogen and oxygen atoms in total. The first kappa shape index (κ1) is 91.0. The molecule has 708 valence electrons. The summed E-state index contributed by atoms with van der Waals surface area (Å²) in [6.45, 7) is 10.1. The van der Waals surface area contributed by atoms with Crippen LogP contribution in [-0.4, -0.2) is 74.1 Å². The van der Waals surface area contributed by atoms with Crippen molar-refractivity contribution in [2.24, 2.45) is 35.3 Å². The van der Waals surface area contributed by atoms with Gasteiger partial charge in [0.25, 0.3) is 0 Å². The minimum Gasteiger partial charge on any atom is -0.478 e. The molecule has 0 radical (unpaired) electrons. The molecule has 0 aromatic heterocycles. The quantitative estimate of drug-likeness (QED) is 0.0274. The number of nitrogens with two attached hydrogens (primary N) is 1. The molecule has 0 saturated carbocycles. The van der Waals surface area contributed by atoms with Crippen LogP contribution in [0.2, 0.25) is 0 Å². The van der Waals surface area contributed by atoms with E-state index in [-0.39, 0.29) is 111 Å². The Morgan fingerprint density at radius 3 is 0.986 bits per heavy atom. The minimum absolute atomic E-state index is 0.0706. The highest BCUT2D eigenvalue weighted by atomic mass is 79.9. The topological polar surface area (TPSA) is 293 Å². The summed E-state index contributed by atoms with van der Waals surface area (Å²) in [5, 5.41) is 27.8. The third-order valence-corrected chi connectivity index (χ3v) is 31.3. The number of fused-ring (bicyclic) bond motifs is 20. The molecule has 15 unspecified atom stereocenters. The van der Waals surface area contributed by atoms with Gasteiger partial charge < -0.3 is 89.5 Å². The molecule has 0 saturated heterocycles. The minimum atomic E-state index is -0.896. The van der Waals surface area contributed by atoms with Crippen LogP contribution >= 0.6 is 47.8 Å². The van der Waals surface area contributed by atoms with E-state index in [0.717, 1.165) is 192 Å². The first-order chi connectivity index (χ1) is 67.9. The number of aromatic carboxylic acids is 1. The standard InChI is InChI=1S/C27H23NO3.C24H24BrNO4.C23H19NO3.C20H17BrN2O3.C20H16BrNO4/c1-16(29)18-10-11-24-22(12-18)19-8-5-9-20(19)27(28-24)23-14-26-25(30-15-31-26)13-21(23)17-6-3-2-4-7-17;1-24(2,3)30-23(27)13-7-8-19-16(9-13)14-5-4-6-15(14)22(26-19)17-10-20-21(11-18(17)25)29-12-28-20;1-3-14-10-21-22(27-12-26-21)11-18(14)23-17-6-4-5-16(17)19-9-15(13(2)25)7-8-20(19)24-23;21-15-8-18-17(25-9-26-18)7-14(15)19-12-3-1-2-11(12)13-6-10(20(22)24)4-5-16(13)23-19;21-15-8-18-17(25-9-26-18)7-14(15)19-12-3-1-2-11(12)13-6-10(20(23)24)4-5-16(13)22-19/h2-8,10-14,19-20,27-28H,9,15H2,1H3;4-5,7-11,14-15,22,26H,6,12H2,1-3H3;1,4-5,7-11,16-17,23-24H,6,12H2,2H3;1-2,4-8,11-12,19,23H,3,9H2,(H2,22,24);1-2,4-8,11-12,19,22H,3,9H2,(H,23,24). The van der Waals surface area contributed by atoms with Crippen LogP contribution in [0.5, 0.6) is 57.5 Å². The average molecular weight is 2060 g/mol. The SMILES string of the molecule is C#Cc1cc2c(cc1C1Nc3ccc(C(C)=O)cc3C3C=CCC31)OCO2.CC(=O)c1ccc2c(c1)C1C=CCC1C(c1cc3c(cc1-c1ccccc1)OCO3)N2.CC(C)(C)OC(=O)c1ccc2c(c1)C1C=CCC1C(c1cc3c(cc1Br)OCO3)N2.NC(=O)c1ccc2c(c1)C1C=CCC1C(c1cc3c(cc1Br)OCO3)N2.O=C(O)c1ccc2c(c1)C1C=CCC1C(c1cc3c(cc1Br)OCO3)N2. The Hall–Kier alpha value is -14.1. The number of rotatable bonds is 11. The number of carbonyl (C=O) groups excluding carboxylic acids is 4. The molecule has 1 amide bonds. The molecule has 11 aromatic rings. The van der Waals surface area contributed by atoms with Gasteiger partial charge in [0.05, 0.1) is 41.3 Å². The third-order valence-electron chi connectivity index (χ3n) is 29.3. The number of halogens is 3. The van der Waals surface area contributed by atoms with Crippen molar-refractivity contribution in [3.63, 3.8) is 0 Å². The van der Waals surface area contributed by atoms with Gasteiger partial charge in [0.2, 0.25) is 39.9 Å². The van der Waals surface area contributed by atoms with E-state index in [1.807, 2.05) is 124 Å². The number of carbonyl (C=O) groups is 5. The number of benzene rings is 11. The van der Waals surface area contributed by atoms with Crippen LogP contribution < -0.4 is 79.7 Å². The Morgan fingerprint density at radius 1 is 0.357 bits per heavy atom. The van der Waals surface area contributed by atoms with Crippen LogP contribution in [-0.2, 0) is 4.74 Å². The van der Waals surface area contributed by atoms with Crippen LogP contribution in [0.4, 0.5) is 28.4 Å². The fraction of sp³-hybridized carbons (Fsp3) is 0.272. The molecule has 8 N–H and O–H groups in total. The molecule has 10 aliphatic heterocycles. The fourth-order valence-electron chi connectivity index (χ4n) is 22.6. The van der Waals surface area contributed by atoms with Gasteiger partial charge >= 0.3 is 11.9 Å². The van der Waals surface area contributed by atoms with Crippen molar-refractivity contribution in [3.8, 4) is 81.0 Å². The molecule has 26 rings (SSSR count). The maximum Gasteiger partial charge on any atom is 0.338 e. The molecule has 15 aliphatic rings. The van der Waals surface area contributed by atoms with Gasteiger partial charge in [-0.3, -0.25) is 14.4 Å². The third kappa shape index (κ3) is 17.2. The molecular weight excluding hydrogens is 1960 g/mol. The van der Waals surface area contributed by atoms with E-state index in [9.17, 15) is 29.1 Å². The number of amides is 1. The lowest BCUT2D eigenvalue weighted by atomic mass is 9.75. The number of ketones is 2. The summed E-state index contributed by atoms with van der Waals surface area (Å²) in [6, 6.07) is 60.0. The zero-order valence-corrected chi connectivity index (χ0v) is 81.9. The second kappa shape index (κ2) is 37.2. The maximum atomic E-state index is 12.6. The molecule has 11 aromatic carbocycles. The number of terminal acetylenes is 1. The van der Waals surface area contributed by atoms with Crippen LogP contribution in [0.1, 0.15) is 240 Å². The molecule has 5 aliphatic carbocycles. The number of primary amides is 1. The van der Waals surface area contributed by atoms with E-state index >= 15 is 0 Å². The van der Waals surface area contributed by atoms with Crippen molar-refractivity contribution < 1.29 is 81.2 Å². The zero-order chi connectivity index (χ0) is 96.2. The second-order valence-electron chi connectivity index (χ2n) is 38.4. The molecule has 0 spiro atoms. The summed E-state index contributed by atoms with van der Waals surface area (Å²) in [7, 11) is 0. The van der Waals surface area contributed by atoms with Crippen molar-refractivity contribution in [1.29, 1.82) is 0 Å². The Bertz CT molecular complexity index is 7000. The van der Waals surface area contributed by atoms with Gasteiger partial charge in [0.1, 0.15) is 5.60 Å². The molecule has 0 bridgehead atoms. The van der Waals surface area contributed by atoms with Crippen LogP contribution in [0.3, 0.4) is 0 Å². The van der Waals surface area contributed by atoms with Crippen molar-refractivity contribution in [2.75, 3.05) is 60.5 Å². The second-order valence-corrected chi connectivity index (χ2v) is 41.0. The van der Waals surface area contributed by atoms with E-state index in [2.05, 4.69) is 202 Å². The molecule has 10 heterocycles. The average Bonchev–Trinajstić information content (AvgIpc) is 1.56. The van der Waals surface area contributed by atoms with Crippen molar-refractivity contribution in [1.82, 2.24) is 0 Å². The fourth-order valence-corrected chi connectivity index (χ4v) is 24.3. The van der Waals surface area contributed by atoms with Crippen LogP contribution in [0.15, 0.2) is 256 Å². The summed E-state index contributed by atoms with van der Waals surface area (Å²) >= 11 is 11.1. The maximum absolute atomic E-state index is 12.6. The Kier molecular flexibility index (Phi) is 24.2. The lowest BCUT2D eigenvalue weighted by molar-refractivity contribution is 0.00685. The summed E-state index contributed by atoms with van der Waals surface area (Å²) in [5.41, 5.74) is 27.7. The van der Waals surface area contributed by atoms with Gasteiger partial charge in [-0.05, 0) is 309 Å². The van der Waals surface area contributed by atoms with Gasteiger partial charge in [-0.25, -0.2) is 9.59 Å². The number of carboxylic acids is 1. The van der Waals surface area contributed by atoms with E-state index < -0.39 is 17.5 Å². The number of hydrogen-bond acceptors (Lipinski definition) is 21. The highest BCUT2D eigenvalue weighted by Crippen LogP contribution is 2.60. The number of ether oxygens (including phenoxy) is 11. The van der Waals surface area contributed by atoms with Gasteiger partial charge in [0, 0.05) is 99.8 Å². The number of anilines is 5. The summed E-state index contributed by atoms with van der Waals surface area (Å²) in [5.74, 6) is 12.1. The van der Waals surface area contributed by atoms with E-state index in [1.165, 1.54) is 16.7 Å². The predicted molar refractivity (Wildman–Crippen MR) is 544 cm³/mol. The zero-order valence-electron chi connectivity index (χ0n) is 77.1. The molecule has 140 heavy (non-hydrogen) atoms. The molecular formula is C114H99Br3N6O17. The smallest absolute Gasteiger partial charge is 0.338 e. The number of hydrogen-bond donors (Lipinski definition) is 7. The van der Waals surface area contributed by atoms with E-state index in [4.69, 9.17) is 64.3 Å². The Morgan fingerprint density at radius 2 is 0.643 bits per heavy atom. The van der Waals surface area contributed by atoms with Crippen molar-refractivity contribution in [3.05, 3.63) is 345 Å². The van der Waals surface area contributed by atoms with Gasteiger partial charge in [-0.1, -0.05) is 145 Å². The first-order valence-corrected chi connectivity index (χ1v) is 49.6. The van der Waals surface area contributed by atoms with E-state index in [0.29, 0.717) is 52.0 Å². The molecule has 15 atom stereocenters. The first-order valence-electron chi connectivity index (χ1n) is 47.2. The normalized spacial score (nSPS) is 23.8. The van der Waals surface area contributed by atoms with E-state index in [1.54, 1.807) is 32.0 Å². The molecule has 26 heteroatoms. The summed E-state index contributed by atoms with van der Waals surface area (Å²) in [4.78, 5) is 59.3. The summed E-state index contributed by atoms with van der Waals surface area (Å²) < 4.78 is 64.2.